The zero-order chi connectivity index (χ0) is 16.6. The van der Waals surface area contributed by atoms with Crippen molar-refractivity contribution < 1.29 is 19.1 Å². The van der Waals surface area contributed by atoms with Crippen molar-refractivity contribution in [2.75, 3.05) is 26.3 Å². The average molecular weight is 334 g/mol. The Labute approximate surface area is 142 Å². The molecule has 3 fully saturated rings. The third-order valence-corrected chi connectivity index (χ3v) is 5.78. The molecule has 0 aromatic carbocycles. The Balaban J connectivity index is 1.33. The highest BCUT2D eigenvalue weighted by Gasteiger charge is 2.53. The second-order valence-corrected chi connectivity index (χ2v) is 7.48. The molecule has 6 nitrogen and oxygen atoms in total. The highest BCUT2D eigenvalue weighted by Crippen LogP contribution is 2.60. The van der Waals surface area contributed by atoms with Crippen molar-refractivity contribution in [2.24, 2.45) is 11.3 Å². The Morgan fingerprint density at radius 1 is 1.46 bits per heavy atom. The number of carbonyl (C=O) groups excluding carboxylic acids is 1. The van der Waals surface area contributed by atoms with Crippen molar-refractivity contribution in [3.63, 3.8) is 0 Å². The molecule has 1 aromatic rings. The Morgan fingerprint density at radius 3 is 2.96 bits per heavy atom. The van der Waals surface area contributed by atoms with E-state index < -0.39 is 6.10 Å². The number of aliphatic hydroxyl groups is 1. The third-order valence-electron chi connectivity index (χ3n) is 5.78. The Kier molecular flexibility index (Phi) is 4.26. The SMILES string of the molecule is O=C(NCC1(C2CC2)CC1)N1CCOC[C@@H]1C[C@@H](O)c1ccco1. The van der Waals surface area contributed by atoms with Crippen molar-refractivity contribution in [1.29, 1.82) is 0 Å². The van der Waals surface area contributed by atoms with Crippen LogP contribution in [0.3, 0.4) is 0 Å². The van der Waals surface area contributed by atoms with E-state index in [1.165, 1.54) is 25.7 Å². The fraction of sp³-hybridized carbons (Fsp3) is 0.722. The van der Waals surface area contributed by atoms with E-state index in [4.69, 9.17) is 9.15 Å². The zero-order valence-corrected chi connectivity index (χ0v) is 13.9. The highest BCUT2D eigenvalue weighted by atomic mass is 16.5. The molecule has 24 heavy (non-hydrogen) atoms. The van der Waals surface area contributed by atoms with E-state index in [2.05, 4.69) is 5.32 Å². The Bertz CT molecular complexity index is 566. The van der Waals surface area contributed by atoms with E-state index in [0.717, 1.165) is 12.5 Å². The normalized spacial score (nSPS) is 26.9. The van der Waals surface area contributed by atoms with Gasteiger partial charge >= 0.3 is 6.03 Å². The molecule has 1 aliphatic heterocycles. The van der Waals surface area contributed by atoms with Crippen LogP contribution < -0.4 is 5.32 Å². The molecule has 1 aromatic heterocycles. The van der Waals surface area contributed by atoms with E-state index in [0.29, 0.717) is 37.4 Å². The number of urea groups is 1. The Morgan fingerprint density at radius 2 is 2.29 bits per heavy atom. The minimum Gasteiger partial charge on any atom is -0.467 e. The molecule has 2 N–H and O–H groups in total. The van der Waals surface area contributed by atoms with Crippen molar-refractivity contribution in [1.82, 2.24) is 10.2 Å². The molecule has 0 unspecified atom stereocenters. The summed E-state index contributed by atoms with van der Waals surface area (Å²) in [6.45, 7) is 2.37. The maximum atomic E-state index is 12.6. The summed E-state index contributed by atoms with van der Waals surface area (Å²) < 4.78 is 10.8. The first-order chi connectivity index (χ1) is 11.7. The number of nitrogens with zero attached hydrogens (tertiary/aromatic N) is 1. The smallest absolute Gasteiger partial charge is 0.317 e. The molecule has 2 atom stereocenters. The summed E-state index contributed by atoms with van der Waals surface area (Å²) in [4.78, 5) is 14.5. The number of rotatable bonds is 6. The first kappa shape index (κ1) is 16.0. The summed E-state index contributed by atoms with van der Waals surface area (Å²) in [7, 11) is 0. The predicted molar refractivity (Wildman–Crippen MR) is 87.4 cm³/mol. The zero-order valence-electron chi connectivity index (χ0n) is 13.9. The molecule has 0 radical (unpaired) electrons. The summed E-state index contributed by atoms with van der Waals surface area (Å²) in [6.07, 6.45) is 6.41. The molecule has 132 valence electrons. The minimum absolute atomic E-state index is 0.0260. The van der Waals surface area contributed by atoms with Crippen LogP contribution in [0.1, 0.15) is 44.0 Å². The van der Waals surface area contributed by atoms with Crippen molar-refractivity contribution in [3.05, 3.63) is 24.2 Å². The van der Waals surface area contributed by atoms with Crippen LogP contribution >= 0.6 is 0 Å². The van der Waals surface area contributed by atoms with Crippen molar-refractivity contribution >= 4 is 6.03 Å². The number of aliphatic hydroxyl groups excluding tert-OH is 1. The molecule has 2 saturated carbocycles. The van der Waals surface area contributed by atoms with Gasteiger partial charge in [0.1, 0.15) is 11.9 Å². The van der Waals surface area contributed by atoms with E-state index in [-0.39, 0.29) is 12.1 Å². The summed E-state index contributed by atoms with van der Waals surface area (Å²) in [5.41, 5.74) is 0.394. The molecule has 4 rings (SSSR count). The van der Waals surface area contributed by atoms with E-state index in [1.54, 1.807) is 18.4 Å². The maximum absolute atomic E-state index is 12.6. The van der Waals surface area contributed by atoms with Gasteiger partial charge in [-0.1, -0.05) is 0 Å². The number of furan rings is 1. The largest absolute Gasteiger partial charge is 0.467 e. The fourth-order valence-electron chi connectivity index (χ4n) is 3.91. The minimum atomic E-state index is -0.719. The van der Waals surface area contributed by atoms with Gasteiger partial charge in [0.05, 0.1) is 25.5 Å². The lowest BCUT2D eigenvalue weighted by Crippen LogP contribution is -2.53. The second-order valence-electron chi connectivity index (χ2n) is 7.48. The molecule has 0 bridgehead atoms. The van der Waals surface area contributed by atoms with Crippen LogP contribution in [0.25, 0.3) is 0 Å². The molecule has 3 aliphatic rings. The highest BCUT2D eigenvalue weighted by molar-refractivity contribution is 5.74. The number of nitrogens with one attached hydrogen (secondary N) is 1. The van der Waals surface area contributed by atoms with Gasteiger partial charge in [0.25, 0.3) is 0 Å². The molecular formula is C18H26N2O4. The van der Waals surface area contributed by atoms with E-state index in [1.807, 2.05) is 4.90 Å². The average Bonchev–Trinajstić information content (AvgIpc) is 3.51. The maximum Gasteiger partial charge on any atom is 0.317 e. The van der Waals surface area contributed by atoms with Crippen LogP contribution in [0.5, 0.6) is 0 Å². The van der Waals surface area contributed by atoms with Crippen LogP contribution in [0.4, 0.5) is 4.79 Å². The van der Waals surface area contributed by atoms with Gasteiger partial charge in [-0.15, -0.1) is 0 Å². The van der Waals surface area contributed by atoms with Gasteiger partial charge in [0.2, 0.25) is 0 Å². The molecule has 2 heterocycles. The summed E-state index contributed by atoms with van der Waals surface area (Å²) in [6, 6.07) is 3.36. The lowest BCUT2D eigenvalue weighted by molar-refractivity contribution is -0.00990. The standard InChI is InChI=1S/C18H26N2O4/c21-15(16-2-1-8-24-16)10-14-11-23-9-7-20(14)17(22)19-12-18(5-6-18)13-3-4-13/h1-2,8,13-15,21H,3-7,9-12H2,(H,19,22)/t14-,15+/m0/s1. The van der Waals surface area contributed by atoms with Gasteiger partial charge < -0.3 is 24.5 Å². The quantitative estimate of drug-likeness (QED) is 0.837. The Hall–Kier alpha value is -1.53. The molecule has 1 saturated heterocycles. The van der Waals surface area contributed by atoms with E-state index >= 15 is 0 Å². The van der Waals surface area contributed by atoms with Crippen LogP contribution in [0.2, 0.25) is 0 Å². The van der Waals surface area contributed by atoms with Crippen molar-refractivity contribution in [2.45, 2.75) is 44.2 Å². The van der Waals surface area contributed by atoms with Crippen LogP contribution in [-0.2, 0) is 4.74 Å². The molecule has 2 aliphatic carbocycles. The number of hydrogen-bond donors (Lipinski definition) is 2. The molecule has 0 spiro atoms. The third kappa shape index (κ3) is 3.30. The van der Waals surface area contributed by atoms with E-state index in [9.17, 15) is 9.90 Å². The molecule has 6 heteroatoms. The lowest BCUT2D eigenvalue weighted by Gasteiger charge is -2.36. The monoisotopic (exact) mass is 334 g/mol. The van der Waals surface area contributed by atoms with Gasteiger partial charge in [-0.25, -0.2) is 4.79 Å². The van der Waals surface area contributed by atoms with Crippen molar-refractivity contribution in [3.8, 4) is 0 Å². The van der Waals surface area contributed by atoms with Crippen LogP contribution in [-0.4, -0.2) is 48.4 Å². The summed E-state index contributed by atoms with van der Waals surface area (Å²) in [5, 5.41) is 13.4. The topological polar surface area (TPSA) is 74.9 Å². The number of carbonyl (C=O) groups is 1. The van der Waals surface area contributed by atoms with Gasteiger partial charge in [-0.3, -0.25) is 0 Å². The van der Waals surface area contributed by atoms with Gasteiger partial charge in [-0.2, -0.15) is 0 Å². The lowest BCUT2D eigenvalue weighted by atomic mass is 10.0. The van der Waals surface area contributed by atoms with Gasteiger partial charge in [-0.05, 0) is 49.1 Å². The first-order valence-corrected chi connectivity index (χ1v) is 9.02. The van der Waals surface area contributed by atoms with Crippen LogP contribution in [0, 0.1) is 11.3 Å². The van der Waals surface area contributed by atoms with Crippen LogP contribution in [0.15, 0.2) is 22.8 Å². The summed E-state index contributed by atoms with van der Waals surface area (Å²) in [5.74, 6) is 1.37. The molecular weight excluding hydrogens is 308 g/mol. The number of morpholine rings is 1. The number of hydrogen-bond acceptors (Lipinski definition) is 4. The summed E-state index contributed by atoms with van der Waals surface area (Å²) >= 11 is 0. The van der Waals surface area contributed by atoms with Gasteiger partial charge in [0, 0.05) is 19.5 Å². The number of amides is 2. The molecule has 2 amide bonds. The first-order valence-electron chi connectivity index (χ1n) is 9.02. The van der Waals surface area contributed by atoms with Gasteiger partial charge in [0.15, 0.2) is 0 Å². The fourth-order valence-corrected chi connectivity index (χ4v) is 3.91. The second kappa shape index (κ2) is 6.41. The predicted octanol–water partition coefficient (Wildman–Crippen LogP) is 2.30. The number of ether oxygens (including phenoxy) is 1.